The Morgan fingerprint density at radius 3 is 2.78 bits per heavy atom. The molecule has 94 valence electrons. The molecule has 0 aliphatic heterocycles. The number of rotatable bonds is 4. The van der Waals surface area contributed by atoms with Gasteiger partial charge in [-0.3, -0.25) is 4.98 Å². The van der Waals surface area contributed by atoms with Crippen LogP contribution in [0.1, 0.15) is 19.3 Å². The maximum atomic E-state index is 6.02. The molecule has 0 N–H and O–H groups in total. The van der Waals surface area contributed by atoms with Gasteiger partial charge in [0.15, 0.2) is 0 Å². The Hall–Kier alpha value is -1.09. The molecular weight excluding hydrogens is 290 g/mol. The van der Waals surface area contributed by atoms with Crippen molar-refractivity contribution in [3.63, 3.8) is 0 Å². The van der Waals surface area contributed by atoms with E-state index >= 15 is 0 Å². The fourth-order valence-corrected chi connectivity index (χ4v) is 3.14. The van der Waals surface area contributed by atoms with Crippen molar-refractivity contribution in [2.24, 2.45) is 5.41 Å². The van der Waals surface area contributed by atoms with E-state index in [1.165, 1.54) is 19.3 Å². The molecule has 0 atom stereocenters. The number of hydrogen-bond acceptors (Lipinski definition) is 2. The molecule has 0 saturated heterocycles. The number of nitrogens with zero attached hydrogens (tertiary/aromatic N) is 1. The number of benzene rings is 1. The number of ether oxygens (including phenoxy) is 1. The average molecular weight is 306 g/mol. The van der Waals surface area contributed by atoms with Crippen LogP contribution in [-0.4, -0.2) is 16.9 Å². The zero-order chi connectivity index (χ0) is 12.4. The molecule has 1 aromatic carbocycles. The van der Waals surface area contributed by atoms with Crippen molar-refractivity contribution in [3.05, 3.63) is 36.5 Å². The van der Waals surface area contributed by atoms with Crippen molar-refractivity contribution >= 4 is 26.8 Å². The summed E-state index contributed by atoms with van der Waals surface area (Å²) < 4.78 is 6.02. The Labute approximate surface area is 115 Å². The first-order chi connectivity index (χ1) is 8.83. The van der Waals surface area contributed by atoms with Crippen molar-refractivity contribution in [2.45, 2.75) is 19.3 Å². The maximum absolute atomic E-state index is 6.02. The molecule has 0 spiro atoms. The molecule has 1 heterocycles. The van der Waals surface area contributed by atoms with E-state index in [1.807, 2.05) is 24.4 Å². The predicted octanol–water partition coefficient (Wildman–Crippen LogP) is 4.18. The first-order valence-electron chi connectivity index (χ1n) is 6.36. The van der Waals surface area contributed by atoms with Gasteiger partial charge in [-0.25, -0.2) is 0 Å². The van der Waals surface area contributed by atoms with Crippen molar-refractivity contribution in [1.82, 2.24) is 4.98 Å². The predicted molar refractivity (Wildman–Crippen MR) is 77.3 cm³/mol. The van der Waals surface area contributed by atoms with Crippen LogP contribution in [0.2, 0.25) is 0 Å². The summed E-state index contributed by atoms with van der Waals surface area (Å²) in [6.07, 6.45) is 5.66. The summed E-state index contributed by atoms with van der Waals surface area (Å²) in [6, 6.07) is 10.1. The highest BCUT2D eigenvalue weighted by molar-refractivity contribution is 9.09. The highest BCUT2D eigenvalue weighted by atomic mass is 79.9. The number of halogens is 1. The summed E-state index contributed by atoms with van der Waals surface area (Å²) in [6.45, 7) is 0.786. The number of hydrogen-bond donors (Lipinski definition) is 0. The third-order valence-electron chi connectivity index (χ3n) is 3.83. The lowest BCUT2D eigenvalue weighted by molar-refractivity contribution is 0.0846. The zero-order valence-corrected chi connectivity index (χ0v) is 11.8. The number of para-hydroxylation sites is 1. The minimum Gasteiger partial charge on any atom is -0.491 e. The van der Waals surface area contributed by atoms with E-state index < -0.39 is 0 Å². The Morgan fingerprint density at radius 1 is 1.22 bits per heavy atom. The monoisotopic (exact) mass is 305 g/mol. The van der Waals surface area contributed by atoms with Gasteiger partial charge in [0.2, 0.25) is 0 Å². The maximum Gasteiger partial charge on any atom is 0.145 e. The van der Waals surface area contributed by atoms with Crippen molar-refractivity contribution in [1.29, 1.82) is 0 Å². The zero-order valence-electron chi connectivity index (χ0n) is 10.2. The quantitative estimate of drug-likeness (QED) is 0.791. The molecule has 0 amide bonds. The molecule has 3 heteroatoms. The third kappa shape index (κ3) is 2.12. The van der Waals surface area contributed by atoms with Crippen LogP contribution in [0.4, 0.5) is 0 Å². The summed E-state index contributed by atoms with van der Waals surface area (Å²) in [7, 11) is 0. The fraction of sp³-hybridized carbons (Fsp3) is 0.400. The van der Waals surface area contributed by atoms with Gasteiger partial charge in [-0.2, -0.15) is 0 Å². The van der Waals surface area contributed by atoms with Crippen LogP contribution in [0.3, 0.4) is 0 Å². The smallest absolute Gasteiger partial charge is 0.145 e. The second-order valence-electron chi connectivity index (χ2n) is 5.11. The van der Waals surface area contributed by atoms with Crippen LogP contribution in [0.5, 0.6) is 5.75 Å². The molecular formula is C15H16BrNO. The van der Waals surface area contributed by atoms with Gasteiger partial charge in [-0.05, 0) is 25.0 Å². The fourth-order valence-electron chi connectivity index (χ4n) is 2.42. The molecule has 18 heavy (non-hydrogen) atoms. The lowest BCUT2D eigenvalue weighted by Gasteiger charge is -2.39. The Morgan fingerprint density at radius 2 is 2.06 bits per heavy atom. The highest BCUT2D eigenvalue weighted by Gasteiger charge is 2.36. The molecule has 1 aromatic heterocycles. The van der Waals surface area contributed by atoms with E-state index in [0.29, 0.717) is 5.41 Å². The van der Waals surface area contributed by atoms with Gasteiger partial charge < -0.3 is 4.74 Å². The van der Waals surface area contributed by atoms with E-state index in [0.717, 1.165) is 28.6 Å². The number of pyridine rings is 1. The largest absolute Gasteiger partial charge is 0.491 e. The number of alkyl halides is 1. The second kappa shape index (κ2) is 4.88. The molecule has 0 bridgehead atoms. The van der Waals surface area contributed by atoms with Crippen LogP contribution in [0, 0.1) is 5.41 Å². The van der Waals surface area contributed by atoms with E-state index in [-0.39, 0.29) is 0 Å². The number of fused-ring (bicyclic) bond motifs is 1. The SMILES string of the molecule is BrCC1(COc2cccc3cccnc23)CCC1. The Balaban J connectivity index is 1.82. The number of aromatic nitrogens is 1. The van der Waals surface area contributed by atoms with E-state index in [2.05, 4.69) is 33.0 Å². The van der Waals surface area contributed by atoms with E-state index in [9.17, 15) is 0 Å². The molecule has 2 aromatic rings. The van der Waals surface area contributed by atoms with Crippen LogP contribution >= 0.6 is 15.9 Å². The van der Waals surface area contributed by atoms with Crippen molar-refractivity contribution < 1.29 is 4.74 Å². The van der Waals surface area contributed by atoms with Gasteiger partial charge in [0, 0.05) is 22.3 Å². The minimum atomic E-state index is 0.344. The topological polar surface area (TPSA) is 22.1 Å². The van der Waals surface area contributed by atoms with Gasteiger partial charge in [-0.1, -0.05) is 40.5 Å². The average Bonchev–Trinajstić information content (AvgIpc) is 2.38. The molecule has 1 fully saturated rings. The molecule has 0 unspecified atom stereocenters. The summed E-state index contributed by atoms with van der Waals surface area (Å²) in [5.41, 5.74) is 1.31. The Bertz CT molecular complexity index is 540. The molecule has 3 rings (SSSR count). The van der Waals surface area contributed by atoms with Crippen molar-refractivity contribution in [3.8, 4) is 5.75 Å². The molecule has 1 saturated carbocycles. The first-order valence-corrected chi connectivity index (χ1v) is 7.48. The summed E-state index contributed by atoms with van der Waals surface area (Å²) in [4.78, 5) is 4.41. The molecule has 2 nitrogen and oxygen atoms in total. The van der Waals surface area contributed by atoms with Gasteiger partial charge in [0.05, 0.1) is 6.61 Å². The summed E-state index contributed by atoms with van der Waals surface area (Å²) in [5, 5.41) is 2.16. The minimum absolute atomic E-state index is 0.344. The third-order valence-corrected chi connectivity index (χ3v) is 5.02. The van der Waals surface area contributed by atoms with Gasteiger partial charge >= 0.3 is 0 Å². The van der Waals surface area contributed by atoms with Crippen LogP contribution in [0.15, 0.2) is 36.5 Å². The first kappa shape index (κ1) is 12.0. The van der Waals surface area contributed by atoms with Crippen molar-refractivity contribution in [2.75, 3.05) is 11.9 Å². The van der Waals surface area contributed by atoms with E-state index in [1.54, 1.807) is 0 Å². The lowest BCUT2D eigenvalue weighted by Crippen LogP contribution is -2.37. The highest BCUT2D eigenvalue weighted by Crippen LogP contribution is 2.43. The molecule has 0 radical (unpaired) electrons. The van der Waals surface area contributed by atoms with Gasteiger partial charge in [-0.15, -0.1) is 0 Å². The normalized spacial score (nSPS) is 17.4. The van der Waals surface area contributed by atoms with Gasteiger partial charge in [0.1, 0.15) is 11.3 Å². The van der Waals surface area contributed by atoms with E-state index in [4.69, 9.17) is 4.74 Å². The lowest BCUT2D eigenvalue weighted by atomic mass is 9.71. The van der Waals surface area contributed by atoms with Crippen LogP contribution in [0.25, 0.3) is 10.9 Å². The van der Waals surface area contributed by atoms with Gasteiger partial charge in [0.25, 0.3) is 0 Å². The van der Waals surface area contributed by atoms with Crippen LogP contribution in [-0.2, 0) is 0 Å². The summed E-state index contributed by atoms with van der Waals surface area (Å²) >= 11 is 3.61. The molecule has 1 aliphatic rings. The molecule has 1 aliphatic carbocycles. The standard InChI is InChI=1S/C15H16BrNO/c16-10-15(7-3-8-15)11-18-13-6-1-4-12-5-2-9-17-14(12)13/h1-2,4-6,9H,3,7-8,10-11H2. The Kier molecular flexibility index (Phi) is 3.25. The second-order valence-corrected chi connectivity index (χ2v) is 5.67. The summed E-state index contributed by atoms with van der Waals surface area (Å²) in [5.74, 6) is 0.903. The van der Waals surface area contributed by atoms with Crippen LogP contribution < -0.4 is 4.74 Å².